The van der Waals surface area contributed by atoms with Crippen molar-refractivity contribution < 1.29 is 13.9 Å². The van der Waals surface area contributed by atoms with E-state index >= 15 is 0 Å². The van der Waals surface area contributed by atoms with E-state index in [-0.39, 0.29) is 23.7 Å². The monoisotopic (exact) mass is 329 g/mol. The number of ether oxygens (including phenoxy) is 1. The zero-order chi connectivity index (χ0) is 14.0. The summed E-state index contributed by atoms with van der Waals surface area (Å²) in [5.41, 5.74) is 0.941. The van der Waals surface area contributed by atoms with Crippen molar-refractivity contribution in [3.05, 3.63) is 35.1 Å². The van der Waals surface area contributed by atoms with Crippen molar-refractivity contribution in [2.75, 3.05) is 18.4 Å². The van der Waals surface area contributed by atoms with Gasteiger partial charge in [0.25, 0.3) is 5.91 Å². The first-order chi connectivity index (χ1) is 9.01. The van der Waals surface area contributed by atoms with Crippen LogP contribution in [0.5, 0.6) is 0 Å². The largest absolute Gasteiger partial charge is 0.371 e. The van der Waals surface area contributed by atoms with Crippen molar-refractivity contribution >= 4 is 21.8 Å². The lowest BCUT2D eigenvalue weighted by atomic mass is 10.1. The SMILES string of the molecule is Cc1ccc(C(=O)N2CC(C)OC(CBr)C2)c(F)c1. The Kier molecular flexibility index (Phi) is 4.58. The second-order valence-electron chi connectivity index (χ2n) is 4.92. The molecule has 2 rings (SSSR count). The fraction of sp³-hybridized carbons (Fsp3) is 0.500. The molecule has 104 valence electrons. The Balaban J connectivity index is 2.18. The molecule has 0 aliphatic carbocycles. The fourth-order valence-electron chi connectivity index (χ4n) is 2.26. The Hall–Kier alpha value is -0.940. The van der Waals surface area contributed by atoms with Gasteiger partial charge in [-0.05, 0) is 31.5 Å². The number of hydrogen-bond acceptors (Lipinski definition) is 2. The van der Waals surface area contributed by atoms with E-state index < -0.39 is 5.82 Å². The highest BCUT2D eigenvalue weighted by atomic mass is 79.9. The van der Waals surface area contributed by atoms with E-state index in [4.69, 9.17) is 4.74 Å². The molecule has 1 saturated heterocycles. The highest BCUT2D eigenvalue weighted by Gasteiger charge is 2.29. The Morgan fingerprint density at radius 2 is 2.26 bits per heavy atom. The summed E-state index contributed by atoms with van der Waals surface area (Å²) >= 11 is 3.36. The zero-order valence-corrected chi connectivity index (χ0v) is 12.6. The van der Waals surface area contributed by atoms with Gasteiger partial charge in [0.1, 0.15) is 5.82 Å². The predicted octanol–water partition coefficient (Wildman–Crippen LogP) is 2.76. The Labute approximate surface area is 120 Å². The molecule has 1 amide bonds. The second-order valence-corrected chi connectivity index (χ2v) is 5.56. The maximum absolute atomic E-state index is 13.8. The smallest absolute Gasteiger partial charge is 0.257 e. The normalized spacial score (nSPS) is 23.5. The molecule has 5 heteroatoms. The molecule has 1 aromatic carbocycles. The summed E-state index contributed by atoms with van der Waals surface area (Å²) in [6.07, 6.45) is -0.0741. The molecule has 0 radical (unpaired) electrons. The summed E-state index contributed by atoms with van der Waals surface area (Å²) in [6, 6.07) is 4.69. The quantitative estimate of drug-likeness (QED) is 0.781. The van der Waals surface area contributed by atoms with Crippen molar-refractivity contribution in [2.45, 2.75) is 26.1 Å². The summed E-state index contributed by atoms with van der Waals surface area (Å²) in [7, 11) is 0. The third-order valence-corrected chi connectivity index (χ3v) is 3.86. The molecule has 0 saturated carbocycles. The summed E-state index contributed by atoms with van der Waals surface area (Å²) in [6.45, 7) is 4.70. The minimum absolute atomic E-state index is 0.0336. The van der Waals surface area contributed by atoms with E-state index in [0.717, 1.165) is 5.56 Å². The van der Waals surface area contributed by atoms with Gasteiger partial charge in [-0.15, -0.1) is 0 Å². The van der Waals surface area contributed by atoms with Crippen LogP contribution in [0.25, 0.3) is 0 Å². The van der Waals surface area contributed by atoms with Crippen LogP contribution < -0.4 is 0 Å². The lowest BCUT2D eigenvalue weighted by Gasteiger charge is -2.36. The Morgan fingerprint density at radius 1 is 1.53 bits per heavy atom. The van der Waals surface area contributed by atoms with Crippen LogP contribution in [0.1, 0.15) is 22.8 Å². The Bertz CT molecular complexity index is 481. The van der Waals surface area contributed by atoms with Crippen LogP contribution in [0, 0.1) is 12.7 Å². The van der Waals surface area contributed by atoms with Crippen LogP contribution >= 0.6 is 15.9 Å². The second kappa shape index (κ2) is 6.01. The predicted molar refractivity (Wildman–Crippen MR) is 75.2 cm³/mol. The van der Waals surface area contributed by atoms with Crippen molar-refractivity contribution in [3.8, 4) is 0 Å². The highest BCUT2D eigenvalue weighted by Crippen LogP contribution is 2.18. The van der Waals surface area contributed by atoms with Gasteiger partial charge in [0.15, 0.2) is 0 Å². The highest BCUT2D eigenvalue weighted by molar-refractivity contribution is 9.09. The third kappa shape index (κ3) is 3.34. The van der Waals surface area contributed by atoms with E-state index in [1.165, 1.54) is 6.07 Å². The van der Waals surface area contributed by atoms with Gasteiger partial charge in [-0.25, -0.2) is 4.39 Å². The minimum atomic E-state index is -0.459. The molecule has 0 bridgehead atoms. The third-order valence-electron chi connectivity index (χ3n) is 3.14. The van der Waals surface area contributed by atoms with Gasteiger partial charge in [0, 0.05) is 18.4 Å². The van der Waals surface area contributed by atoms with Gasteiger partial charge in [0.05, 0.1) is 17.8 Å². The van der Waals surface area contributed by atoms with Gasteiger partial charge in [-0.3, -0.25) is 4.79 Å². The van der Waals surface area contributed by atoms with Crippen molar-refractivity contribution in [1.82, 2.24) is 4.90 Å². The molecule has 19 heavy (non-hydrogen) atoms. The summed E-state index contributed by atoms with van der Waals surface area (Å²) in [4.78, 5) is 14.0. The standard InChI is InChI=1S/C14H17BrFNO2/c1-9-3-4-12(13(16)5-9)14(18)17-7-10(2)19-11(6-15)8-17/h3-5,10-11H,6-8H2,1-2H3. The Morgan fingerprint density at radius 3 is 2.89 bits per heavy atom. The van der Waals surface area contributed by atoms with Gasteiger partial charge >= 0.3 is 0 Å². The molecule has 1 fully saturated rings. The lowest BCUT2D eigenvalue weighted by molar-refractivity contribution is -0.0560. The number of aryl methyl sites for hydroxylation is 1. The van der Waals surface area contributed by atoms with Crippen LogP contribution in [0.2, 0.25) is 0 Å². The zero-order valence-electron chi connectivity index (χ0n) is 11.0. The van der Waals surface area contributed by atoms with E-state index in [1.54, 1.807) is 24.0 Å². The molecular formula is C14H17BrFNO2. The number of nitrogens with zero attached hydrogens (tertiary/aromatic N) is 1. The van der Waals surface area contributed by atoms with Gasteiger partial charge in [0.2, 0.25) is 0 Å². The first-order valence-corrected chi connectivity index (χ1v) is 7.40. The molecule has 0 spiro atoms. The number of carbonyl (C=O) groups excluding carboxylic acids is 1. The first kappa shape index (κ1) is 14.5. The number of amides is 1. The van der Waals surface area contributed by atoms with E-state index in [0.29, 0.717) is 18.4 Å². The van der Waals surface area contributed by atoms with Crippen LogP contribution in [0.15, 0.2) is 18.2 Å². The molecule has 3 nitrogen and oxygen atoms in total. The maximum Gasteiger partial charge on any atom is 0.257 e. The van der Waals surface area contributed by atoms with E-state index in [1.807, 2.05) is 6.92 Å². The molecule has 1 heterocycles. The number of alkyl halides is 1. The summed E-state index contributed by atoms with van der Waals surface area (Å²) < 4.78 is 19.5. The number of benzene rings is 1. The minimum Gasteiger partial charge on any atom is -0.371 e. The van der Waals surface area contributed by atoms with Crippen LogP contribution in [-0.4, -0.2) is 41.4 Å². The van der Waals surface area contributed by atoms with Crippen molar-refractivity contribution in [1.29, 1.82) is 0 Å². The first-order valence-electron chi connectivity index (χ1n) is 6.28. The number of halogens is 2. The van der Waals surface area contributed by atoms with Crippen LogP contribution in [-0.2, 0) is 4.74 Å². The number of hydrogen-bond donors (Lipinski definition) is 0. The van der Waals surface area contributed by atoms with E-state index in [9.17, 15) is 9.18 Å². The molecule has 1 aliphatic heterocycles. The molecule has 1 aliphatic rings. The number of morpholine rings is 1. The molecule has 1 aromatic rings. The summed E-state index contributed by atoms with van der Waals surface area (Å²) in [5, 5.41) is 0.664. The van der Waals surface area contributed by atoms with Crippen LogP contribution in [0.3, 0.4) is 0 Å². The average molecular weight is 330 g/mol. The number of carbonyl (C=O) groups is 1. The van der Waals surface area contributed by atoms with Crippen molar-refractivity contribution in [2.24, 2.45) is 0 Å². The average Bonchev–Trinajstić information content (AvgIpc) is 2.37. The van der Waals surface area contributed by atoms with Crippen molar-refractivity contribution in [3.63, 3.8) is 0 Å². The maximum atomic E-state index is 13.8. The molecule has 0 N–H and O–H groups in total. The fourth-order valence-corrected chi connectivity index (χ4v) is 2.62. The van der Waals surface area contributed by atoms with Gasteiger partial charge in [-0.2, -0.15) is 0 Å². The summed E-state index contributed by atoms with van der Waals surface area (Å²) in [5.74, 6) is -0.724. The van der Waals surface area contributed by atoms with E-state index in [2.05, 4.69) is 15.9 Å². The number of rotatable bonds is 2. The molecule has 2 atom stereocenters. The lowest BCUT2D eigenvalue weighted by Crippen LogP contribution is -2.49. The van der Waals surface area contributed by atoms with Crippen LogP contribution in [0.4, 0.5) is 4.39 Å². The molecule has 0 aromatic heterocycles. The molecule has 2 unspecified atom stereocenters. The van der Waals surface area contributed by atoms with Gasteiger partial charge in [-0.1, -0.05) is 22.0 Å². The molecular weight excluding hydrogens is 313 g/mol. The topological polar surface area (TPSA) is 29.5 Å². The van der Waals surface area contributed by atoms with Gasteiger partial charge < -0.3 is 9.64 Å².